The number of hydrogen-bond donors (Lipinski definition) is 2. The Morgan fingerprint density at radius 2 is 2.23 bits per heavy atom. The number of benzene rings is 1. The van der Waals surface area contributed by atoms with Crippen molar-refractivity contribution in [2.24, 2.45) is 0 Å². The zero-order valence-electron chi connectivity index (χ0n) is 11.9. The lowest BCUT2D eigenvalue weighted by atomic mass is 10.2. The van der Waals surface area contributed by atoms with E-state index in [4.69, 9.17) is 11.6 Å². The average molecular weight is 332 g/mol. The lowest BCUT2D eigenvalue weighted by molar-refractivity contribution is 0.252. The third kappa shape index (κ3) is 3.21. The first-order chi connectivity index (χ1) is 10.6. The Labute approximate surface area is 137 Å². The van der Waals surface area contributed by atoms with Gasteiger partial charge in [-0.15, -0.1) is 11.3 Å². The highest BCUT2D eigenvalue weighted by molar-refractivity contribution is 7.19. The quantitative estimate of drug-likeness (QED) is 0.738. The fourth-order valence-corrected chi connectivity index (χ4v) is 3.42. The number of nitrogens with zero attached hydrogens (tertiary/aromatic N) is 1. The first-order valence-corrected chi connectivity index (χ1v) is 7.95. The molecule has 2 amide bonds. The Bertz CT molecular complexity index is 831. The van der Waals surface area contributed by atoms with E-state index < -0.39 is 0 Å². The second kappa shape index (κ2) is 6.34. The number of urea groups is 1. The molecule has 2 aromatic heterocycles. The van der Waals surface area contributed by atoms with Crippen molar-refractivity contribution in [1.29, 1.82) is 0 Å². The number of fused-ring (bicyclic) bond motifs is 1. The molecule has 3 rings (SSSR count). The Balaban J connectivity index is 1.70. The zero-order chi connectivity index (χ0) is 15.5. The van der Waals surface area contributed by atoms with Gasteiger partial charge in [-0.05, 0) is 30.7 Å². The Morgan fingerprint density at radius 1 is 1.36 bits per heavy atom. The van der Waals surface area contributed by atoms with E-state index in [1.165, 1.54) is 0 Å². The normalized spacial score (nSPS) is 10.6. The van der Waals surface area contributed by atoms with Crippen molar-refractivity contribution in [3.05, 3.63) is 58.2 Å². The maximum Gasteiger partial charge on any atom is 0.319 e. The van der Waals surface area contributed by atoms with Crippen LogP contribution in [0.5, 0.6) is 0 Å². The molecule has 0 spiro atoms. The first-order valence-electron chi connectivity index (χ1n) is 6.76. The molecule has 0 atom stereocenters. The minimum Gasteiger partial charge on any atom is -0.334 e. The summed E-state index contributed by atoms with van der Waals surface area (Å²) in [5.74, 6) is 0. The molecule has 2 heterocycles. The van der Waals surface area contributed by atoms with Crippen LogP contribution in [0.1, 0.15) is 10.4 Å². The van der Waals surface area contributed by atoms with Gasteiger partial charge in [0.2, 0.25) is 0 Å². The molecule has 112 valence electrons. The first kappa shape index (κ1) is 14.8. The van der Waals surface area contributed by atoms with E-state index in [1.54, 1.807) is 23.6 Å². The predicted molar refractivity (Wildman–Crippen MR) is 91.7 cm³/mol. The number of halogens is 1. The highest BCUT2D eigenvalue weighted by Gasteiger charge is 2.11. The van der Waals surface area contributed by atoms with Gasteiger partial charge < -0.3 is 10.6 Å². The van der Waals surface area contributed by atoms with E-state index in [2.05, 4.69) is 15.6 Å². The summed E-state index contributed by atoms with van der Waals surface area (Å²) in [6, 6.07) is 9.09. The van der Waals surface area contributed by atoms with Crippen molar-refractivity contribution < 1.29 is 4.79 Å². The van der Waals surface area contributed by atoms with Gasteiger partial charge in [-0.1, -0.05) is 23.7 Å². The Kier molecular flexibility index (Phi) is 4.27. The van der Waals surface area contributed by atoms with Crippen molar-refractivity contribution >= 4 is 44.7 Å². The minimum atomic E-state index is -0.236. The molecule has 6 heteroatoms. The van der Waals surface area contributed by atoms with Crippen LogP contribution in [0, 0.1) is 6.92 Å². The van der Waals surface area contributed by atoms with Crippen molar-refractivity contribution in [3.63, 3.8) is 0 Å². The molecule has 0 saturated heterocycles. The van der Waals surface area contributed by atoms with E-state index in [-0.39, 0.29) is 6.03 Å². The van der Waals surface area contributed by atoms with Crippen LogP contribution < -0.4 is 10.6 Å². The van der Waals surface area contributed by atoms with Crippen LogP contribution in [0.25, 0.3) is 10.1 Å². The highest BCUT2D eigenvalue weighted by Crippen LogP contribution is 2.34. The van der Waals surface area contributed by atoms with Crippen LogP contribution in [0.2, 0.25) is 5.02 Å². The van der Waals surface area contributed by atoms with Gasteiger partial charge in [0.1, 0.15) is 0 Å². The standard InChI is InChI=1S/C16H14ClN3OS/c1-10-15(13-5-6-18-9-14(13)22-10)20-16(21)19-8-11-3-2-4-12(17)7-11/h2-7,9H,8H2,1H3,(H2,19,20,21). The van der Waals surface area contributed by atoms with E-state index in [1.807, 2.05) is 37.4 Å². The lowest BCUT2D eigenvalue weighted by Gasteiger charge is -2.08. The Morgan fingerprint density at radius 3 is 3.05 bits per heavy atom. The molecule has 1 aromatic carbocycles. The number of aromatic nitrogens is 1. The third-order valence-corrected chi connectivity index (χ3v) is 4.54. The molecule has 0 aliphatic rings. The summed E-state index contributed by atoms with van der Waals surface area (Å²) in [6.45, 7) is 2.41. The summed E-state index contributed by atoms with van der Waals surface area (Å²) in [4.78, 5) is 17.3. The Hall–Kier alpha value is -2.11. The molecular weight excluding hydrogens is 318 g/mol. The average Bonchev–Trinajstić information content (AvgIpc) is 2.81. The lowest BCUT2D eigenvalue weighted by Crippen LogP contribution is -2.28. The van der Waals surface area contributed by atoms with E-state index in [9.17, 15) is 4.79 Å². The van der Waals surface area contributed by atoms with Crippen molar-refractivity contribution in [3.8, 4) is 0 Å². The number of thiophene rings is 1. The molecule has 0 aliphatic carbocycles. The number of carbonyl (C=O) groups is 1. The van der Waals surface area contributed by atoms with Crippen LogP contribution in [-0.2, 0) is 6.54 Å². The highest BCUT2D eigenvalue weighted by atomic mass is 35.5. The number of nitrogens with one attached hydrogen (secondary N) is 2. The largest absolute Gasteiger partial charge is 0.334 e. The van der Waals surface area contributed by atoms with Crippen LogP contribution in [0.15, 0.2) is 42.7 Å². The molecule has 22 heavy (non-hydrogen) atoms. The number of anilines is 1. The second-order valence-electron chi connectivity index (χ2n) is 4.84. The summed E-state index contributed by atoms with van der Waals surface area (Å²) in [6.07, 6.45) is 3.53. The summed E-state index contributed by atoms with van der Waals surface area (Å²) in [5.41, 5.74) is 1.80. The molecule has 0 fully saturated rings. The van der Waals surface area contributed by atoms with Crippen LogP contribution in [-0.4, -0.2) is 11.0 Å². The van der Waals surface area contributed by atoms with Crippen molar-refractivity contribution in [2.45, 2.75) is 13.5 Å². The zero-order valence-corrected chi connectivity index (χ0v) is 13.5. The third-order valence-electron chi connectivity index (χ3n) is 3.25. The van der Waals surface area contributed by atoms with Crippen molar-refractivity contribution in [2.75, 3.05) is 5.32 Å². The number of pyridine rings is 1. The summed E-state index contributed by atoms with van der Waals surface area (Å²) in [7, 11) is 0. The topological polar surface area (TPSA) is 54.0 Å². The van der Waals surface area contributed by atoms with Crippen LogP contribution >= 0.6 is 22.9 Å². The maximum atomic E-state index is 12.1. The molecule has 0 bridgehead atoms. The second-order valence-corrected chi connectivity index (χ2v) is 6.54. The number of amides is 2. The van der Waals surface area contributed by atoms with Crippen LogP contribution in [0.4, 0.5) is 10.5 Å². The van der Waals surface area contributed by atoms with Crippen LogP contribution in [0.3, 0.4) is 0 Å². The predicted octanol–water partition coefficient (Wildman–Crippen LogP) is 4.58. The minimum absolute atomic E-state index is 0.236. The number of rotatable bonds is 3. The van der Waals surface area contributed by atoms with E-state index >= 15 is 0 Å². The van der Waals surface area contributed by atoms with Gasteiger partial charge in [0, 0.05) is 34.2 Å². The fraction of sp³-hybridized carbons (Fsp3) is 0.125. The van der Waals surface area contributed by atoms with Gasteiger partial charge in [-0.25, -0.2) is 4.79 Å². The molecule has 2 N–H and O–H groups in total. The SMILES string of the molecule is Cc1sc2cnccc2c1NC(=O)NCc1cccc(Cl)c1. The fourth-order valence-electron chi connectivity index (χ4n) is 2.22. The molecule has 0 radical (unpaired) electrons. The number of aryl methyl sites for hydroxylation is 1. The van der Waals surface area contributed by atoms with Gasteiger partial charge in [0.25, 0.3) is 0 Å². The van der Waals surface area contributed by atoms with Gasteiger partial charge in [-0.2, -0.15) is 0 Å². The maximum absolute atomic E-state index is 12.1. The van der Waals surface area contributed by atoms with E-state index in [0.717, 1.165) is 26.2 Å². The number of carbonyl (C=O) groups excluding carboxylic acids is 1. The summed E-state index contributed by atoms with van der Waals surface area (Å²) in [5, 5.41) is 7.42. The molecular formula is C16H14ClN3OS. The van der Waals surface area contributed by atoms with Gasteiger partial charge >= 0.3 is 6.03 Å². The van der Waals surface area contributed by atoms with Crippen molar-refractivity contribution in [1.82, 2.24) is 10.3 Å². The smallest absolute Gasteiger partial charge is 0.319 e. The van der Waals surface area contributed by atoms with Gasteiger partial charge in [0.05, 0.1) is 10.4 Å². The van der Waals surface area contributed by atoms with E-state index in [0.29, 0.717) is 11.6 Å². The molecule has 0 unspecified atom stereocenters. The summed E-state index contributed by atoms with van der Waals surface area (Å²) < 4.78 is 1.06. The summed E-state index contributed by atoms with van der Waals surface area (Å²) >= 11 is 7.54. The molecule has 0 saturated carbocycles. The molecule has 0 aliphatic heterocycles. The monoisotopic (exact) mass is 331 g/mol. The van der Waals surface area contributed by atoms with Gasteiger partial charge in [-0.3, -0.25) is 4.98 Å². The number of hydrogen-bond acceptors (Lipinski definition) is 3. The van der Waals surface area contributed by atoms with Gasteiger partial charge in [0.15, 0.2) is 0 Å². The molecule has 4 nitrogen and oxygen atoms in total. The molecule has 3 aromatic rings.